The molecule has 0 aliphatic carbocycles. The number of amides is 1. The zero-order valence-electron chi connectivity index (χ0n) is 17.9. The van der Waals surface area contributed by atoms with Gasteiger partial charge in [-0.3, -0.25) is 4.79 Å². The summed E-state index contributed by atoms with van der Waals surface area (Å²) >= 11 is 3.51. The quantitative estimate of drug-likeness (QED) is 0.560. The van der Waals surface area contributed by atoms with Crippen molar-refractivity contribution >= 4 is 27.5 Å². The fourth-order valence-electron chi connectivity index (χ4n) is 4.59. The molecule has 1 N–H and O–H groups in total. The Morgan fingerprint density at radius 2 is 1.83 bits per heavy atom. The van der Waals surface area contributed by atoms with Crippen LogP contribution in [0, 0.1) is 6.92 Å². The number of aryl methyl sites for hydroxylation is 1. The van der Waals surface area contributed by atoms with Gasteiger partial charge in [-0.1, -0.05) is 38.1 Å². The van der Waals surface area contributed by atoms with E-state index >= 15 is 0 Å². The van der Waals surface area contributed by atoms with Crippen LogP contribution in [0.15, 0.2) is 47.2 Å². The Labute approximate surface area is 186 Å². The summed E-state index contributed by atoms with van der Waals surface area (Å²) < 4.78 is 2.91. The molecular formula is C24H29BrN4O. The lowest BCUT2D eigenvalue weighted by molar-refractivity contribution is 0.0626. The fraction of sp³-hybridized carbons (Fsp3) is 0.417. The molecule has 2 aliphatic heterocycles. The van der Waals surface area contributed by atoms with E-state index in [9.17, 15) is 4.79 Å². The van der Waals surface area contributed by atoms with Crippen molar-refractivity contribution < 1.29 is 4.79 Å². The van der Waals surface area contributed by atoms with E-state index in [4.69, 9.17) is 0 Å². The van der Waals surface area contributed by atoms with Gasteiger partial charge in [0.25, 0.3) is 5.91 Å². The third kappa shape index (κ3) is 3.91. The standard InChI is InChI=1S/C22H23BrN4O.C2H6/c1-15-10-18(23)13-27-14-19(25-20(15)27)21(28)26-8-6-22(7-9-26)11-16-4-2-3-5-17(16)12-24-22;1-2/h2-5,10,13-14,24H,6-9,11-12H2,1H3;1-2H3. The number of hydrogen-bond acceptors (Lipinski definition) is 3. The Bertz CT molecular complexity index is 1070. The number of nitrogens with one attached hydrogen (secondary N) is 1. The van der Waals surface area contributed by atoms with Gasteiger partial charge < -0.3 is 14.6 Å². The van der Waals surface area contributed by atoms with Gasteiger partial charge in [0.1, 0.15) is 11.3 Å². The molecule has 2 aliphatic rings. The molecule has 3 aromatic rings. The number of nitrogens with zero attached hydrogens (tertiary/aromatic N) is 3. The van der Waals surface area contributed by atoms with Crippen molar-refractivity contribution in [2.24, 2.45) is 0 Å². The first kappa shape index (κ1) is 21.1. The Hall–Kier alpha value is -2.18. The van der Waals surface area contributed by atoms with Crippen molar-refractivity contribution in [2.45, 2.75) is 52.1 Å². The van der Waals surface area contributed by atoms with Crippen LogP contribution in [0.3, 0.4) is 0 Å². The number of imidazole rings is 1. The zero-order chi connectivity index (χ0) is 21.3. The van der Waals surface area contributed by atoms with Crippen LogP contribution in [0.25, 0.3) is 5.65 Å². The normalized spacial score (nSPS) is 17.4. The first-order chi connectivity index (χ1) is 14.5. The van der Waals surface area contributed by atoms with E-state index in [1.54, 1.807) is 0 Å². The number of fused-ring (bicyclic) bond motifs is 2. The Morgan fingerprint density at radius 3 is 2.57 bits per heavy atom. The van der Waals surface area contributed by atoms with Crippen LogP contribution >= 0.6 is 15.9 Å². The highest BCUT2D eigenvalue weighted by Gasteiger charge is 2.38. The van der Waals surface area contributed by atoms with Gasteiger partial charge in [-0.25, -0.2) is 4.98 Å². The molecule has 0 unspecified atom stereocenters. The Kier molecular flexibility index (Phi) is 5.98. The number of halogens is 1. The van der Waals surface area contributed by atoms with Crippen molar-refractivity contribution in [1.82, 2.24) is 19.6 Å². The monoisotopic (exact) mass is 468 g/mol. The molecule has 30 heavy (non-hydrogen) atoms. The van der Waals surface area contributed by atoms with E-state index < -0.39 is 0 Å². The first-order valence-electron chi connectivity index (χ1n) is 10.8. The second-order valence-corrected chi connectivity index (χ2v) is 8.99. The lowest BCUT2D eigenvalue weighted by Gasteiger charge is -2.45. The molecule has 2 aromatic heterocycles. The summed E-state index contributed by atoms with van der Waals surface area (Å²) in [6.45, 7) is 8.47. The predicted molar refractivity (Wildman–Crippen MR) is 124 cm³/mol. The van der Waals surface area contributed by atoms with Gasteiger partial charge >= 0.3 is 0 Å². The molecule has 1 aromatic carbocycles. The van der Waals surface area contributed by atoms with Crippen LogP contribution in [0.5, 0.6) is 0 Å². The molecule has 0 radical (unpaired) electrons. The molecule has 158 valence electrons. The molecular weight excluding hydrogens is 440 g/mol. The van der Waals surface area contributed by atoms with Crippen LogP contribution < -0.4 is 5.32 Å². The van der Waals surface area contributed by atoms with E-state index in [1.807, 2.05) is 48.5 Å². The largest absolute Gasteiger partial charge is 0.337 e. The number of pyridine rings is 1. The van der Waals surface area contributed by atoms with Crippen molar-refractivity contribution in [2.75, 3.05) is 13.1 Å². The third-order valence-electron chi connectivity index (χ3n) is 6.23. The summed E-state index contributed by atoms with van der Waals surface area (Å²) in [5, 5.41) is 3.76. The second-order valence-electron chi connectivity index (χ2n) is 8.07. The summed E-state index contributed by atoms with van der Waals surface area (Å²) in [5.74, 6) is 0.0327. The molecule has 0 saturated carbocycles. The number of hydrogen-bond donors (Lipinski definition) is 1. The lowest BCUT2D eigenvalue weighted by Crippen LogP contribution is -2.57. The minimum Gasteiger partial charge on any atom is -0.337 e. The summed E-state index contributed by atoms with van der Waals surface area (Å²) in [6.07, 6.45) is 6.79. The average Bonchev–Trinajstić information content (AvgIpc) is 3.20. The van der Waals surface area contributed by atoms with Crippen molar-refractivity contribution in [3.63, 3.8) is 0 Å². The van der Waals surface area contributed by atoms with Crippen LogP contribution in [0.2, 0.25) is 0 Å². The Balaban J connectivity index is 0.00000106. The van der Waals surface area contributed by atoms with Crippen LogP contribution in [-0.4, -0.2) is 38.8 Å². The van der Waals surface area contributed by atoms with Crippen LogP contribution in [0.4, 0.5) is 0 Å². The summed E-state index contributed by atoms with van der Waals surface area (Å²) in [7, 11) is 0. The zero-order valence-corrected chi connectivity index (χ0v) is 19.5. The maximum atomic E-state index is 13.1. The first-order valence-corrected chi connectivity index (χ1v) is 11.6. The molecule has 0 bridgehead atoms. The number of aromatic nitrogens is 2. The van der Waals surface area contributed by atoms with Gasteiger partial charge in [0.2, 0.25) is 0 Å². The van der Waals surface area contributed by atoms with Gasteiger partial charge in [-0.2, -0.15) is 0 Å². The van der Waals surface area contributed by atoms with E-state index in [0.717, 1.165) is 54.6 Å². The van der Waals surface area contributed by atoms with Gasteiger partial charge in [0.05, 0.1) is 0 Å². The van der Waals surface area contributed by atoms with E-state index in [1.165, 1.54) is 11.1 Å². The molecule has 0 atom stereocenters. The van der Waals surface area contributed by atoms with Crippen LogP contribution in [-0.2, 0) is 13.0 Å². The third-order valence-corrected chi connectivity index (χ3v) is 6.66. The van der Waals surface area contributed by atoms with Crippen LogP contribution in [0.1, 0.15) is 53.9 Å². The SMILES string of the molecule is CC.Cc1cc(Br)cn2cc(C(=O)N3CCC4(CC3)Cc3ccccc3CN4)nc12. The highest BCUT2D eigenvalue weighted by Crippen LogP contribution is 2.32. The average molecular weight is 469 g/mol. The number of carbonyl (C=O) groups excluding carboxylic acids is 1. The number of piperidine rings is 1. The minimum absolute atomic E-state index is 0.0327. The van der Waals surface area contributed by atoms with Gasteiger partial charge in [-0.15, -0.1) is 0 Å². The molecule has 1 fully saturated rings. The number of likely N-dealkylation sites (tertiary alicyclic amines) is 1. The summed E-state index contributed by atoms with van der Waals surface area (Å²) in [6, 6.07) is 10.7. The fourth-order valence-corrected chi connectivity index (χ4v) is 5.16. The highest BCUT2D eigenvalue weighted by molar-refractivity contribution is 9.10. The van der Waals surface area contributed by atoms with Gasteiger partial charge in [0, 0.05) is 42.0 Å². The molecule has 1 amide bonds. The number of benzene rings is 1. The van der Waals surface area contributed by atoms with E-state index in [0.29, 0.717) is 5.69 Å². The molecule has 6 heteroatoms. The summed E-state index contributed by atoms with van der Waals surface area (Å²) in [5.41, 5.74) is 5.38. The van der Waals surface area contributed by atoms with Crippen molar-refractivity contribution in [1.29, 1.82) is 0 Å². The lowest BCUT2D eigenvalue weighted by atomic mass is 9.78. The number of rotatable bonds is 1. The molecule has 1 saturated heterocycles. The summed E-state index contributed by atoms with van der Waals surface area (Å²) in [4.78, 5) is 19.6. The molecule has 1 spiro atoms. The maximum absolute atomic E-state index is 13.1. The van der Waals surface area contributed by atoms with Crippen molar-refractivity contribution in [3.8, 4) is 0 Å². The predicted octanol–water partition coefficient (Wildman–Crippen LogP) is 4.75. The maximum Gasteiger partial charge on any atom is 0.274 e. The second kappa shape index (κ2) is 8.52. The van der Waals surface area contributed by atoms with Crippen molar-refractivity contribution in [3.05, 3.63) is 69.6 Å². The minimum atomic E-state index is 0.0327. The van der Waals surface area contributed by atoms with Gasteiger partial charge in [-0.05, 0) is 64.9 Å². The Morgan fingerprint density at radius 1 is 1.13 bits per heavy atom. The smallest absolute Gasteiger partial charge is 0.274 e. The van der Waals surface area contributed by atoms with E-state index in [2.05, 4.69) is 50.5 Å². The molecule has 4 heterocycles. The van der Waals surface area contributed by atoms with E-state index in [-0.39, 0.29) is 11.4 Å². The number of carbonyl (C=O) groups is 1. The molecule has 5 nitrogen and oxygen atoms in total. The topological polar surface area (TPSA) is 49.6 Å². The molecule has 5 rings (SSSR count). The highest BCUT2D eigenvalue weighted by atomic mass is 79.9. The van der Waals surface area contributed by atoms with Gasteiger partial charge in [0.15, 0.2) is 0 Å².